The molecule has 0 saturated heterocycles. The van der Waals surface area contributed by atoms with Crippen LogP contribution in [0.3, 0.4) is 0 Å². The van der Waals surface area contributed by atoms with Gasteiger partial charge in [0, 0.05) is 0 Å². The Balaban J connectivity index is 3.33. The third-order valence-corrected chi connectivity index (χ3v) is 2.42. The Morgan fingerprint density at radius 2 is 1.88 bits per heavy atom. The van der Waals surface area contributed by atoms with Crippen molar-refractivity contribution in [3.63, 3.8) is 0 Å². The quantitative estimate of drug-likeness (QED) is 0.684. The van der Waals surface area contributed by atoms with Gasteiger partial charge in [-0.2, -0.15) is 0 Å². The summed E-state index contributed by atoms with van der Waals surface area (Å²) < 4.78 is 10.1. The molecule has 0 fully saturated rings. The second-order valence-corrected chi connectivity index (χ2v) is 3.38. The van der Waals surface area contributed by atoms with Crippen molar-refractivity contribution in [1.29, 1.82) is 0 Å². The fourth-order valence-electron chi connectivity index (χ4n) is 1.50. The Morgan fingerprint density at radius 1 is 1.35 bits per heavy atom. The number of hydrogen-bond donors (Lipinski definition) is 3. The average Bonchev–Trinajstić information content (AvgIpc) is 2.35. The van der Waals surface area contributed by atoms with Gasteiger partial charge in [-0.1, -0.05) is 0 Å². The van der Waals surface area contributed by atoms with E-state index in [0.717, 1.165) is 0 Å². The van der Waals surface area contributed by atoms with Crippen LogP contribution in [0.5, 0.6) is 11.5 Å². The molecule has 0 aliphatic heterocycles. The Morgan fingerprint density at radius 3 is 2.29 bits per heavy atom. The maximum Gasteiger partial charge on any atom is 0.325 e. The number of rotatable bonds is 5. The van der Waals surface area contributed by atoms with Crippen molar-refractivity contribution in [2.24, 2.45) is 5.73 Å². The van der Waals surface area contributed by atoms with E-state index in [2.05, 4.69) is 0 Å². The fraction of sp³-hybridized carbons (Fsp3) is 0.364. The molecule has 0 amide bonds. The number of carboxylic acids is 1. The molecular formula is C11H15NO5. The lowest BCUT2D eigenvalue weighted by atomic mass is 10.0. The van der Waals surface area contributed by atoms with Crippen LogP contribution in [0.15, 0.2) is 12.1 Å². The number of hydrogen-bond acceptors (Lipinski definition) is 5. The molecule has 94 valence electrons. The number of nitrogens with two attached hydrogens (primary N) is 1. The van der Waals surface area contributed by atoms with E-state index < -0.39 is 12.0 Å². The van der Waals surface area contributed by atoms with Crippen LogP contribution < -0.4 is 15.2 Å². The van der Waals surface area contributed by atoms with Crippen molar-refractivity contribution in [2.75, 3.05) is 14.2 Å². The Labute approximate surface area is 98.6 Å². The topological polar surface area (TPSA) is 102 Å². The maximum atomic E-state index is 10.8. The van der Waals surface area contributed by atoms with Crippen LogP contribution in [0.2, 0.25) is 0 Å². The second-order valence-electron chi connectivity index (χ2n) is 3.38. The lowest BCUT2D eigenvalue weighted by Gasteiger charge is -2.16. The van der Waals surface area contributed by atoms with E-state index in [1.165, 1.54) is 26.4 Å². The largest absolute Gasteiger partial charge is 0.493 e. The maximum absolute atomic E-state index is 10.8. The summed E-state index contributed by atoms with van der Waals surface area (Å²) in [6.07, 6.45) is 0. The van der Waals surface area contributed by atoms with Gasteiger partial charge in [-0.25, -0.2) is 0 Å². The number of aliphatic hydroxyl groups excluding tert-OH is 1. The molecule has 6 heteroatoms. The van der Waals surface area contributed by atoms with E-state index in [1.54, 1.807) is 0 Å². The molecule has 4 N–H and O–H groups in total. The minimum absolute atomic E-state index is 0.303. The molecule has 0 spiro atoms. The van der Waals surface area contributed by atoms with Crippen molar-refractivity contribution < 1.29 is 24.5 Å². The Hall–Kier alpha value is -1.79. The van der Waals surface area contributed by atoms with Crippen LogP contribution in [0.4, 0.5) is 0 Å². The molecule has 0 unspecified atom stereocenters. The first-order valence-electron chi connectivity index (χ1n) is 4.89. The first-order chi connectivity index (χ1) is 8.04. The van der Waals surface area contributed by atoms with Gasteiger partial charge >= 0.3 is 5.97 Å². The van der Waals surface area contributed by atoms with Gasteiger partial charge in [0.1, 0.15) is 6.04 Å². The highest BCUT2D eigenvalue weighted by molar-refractivity contribution is 5.76. The molecule has 0 radical (unpaired) electrons. The van der Waals surface area contributed by atoms with E-state index >= 15 is 0 Å². The molecule has 0 saturated carbocycles. The predicted molar refractivity (Wildman–Crippen MR) is 60.0 cm³/mol. The Bertz CT molecular complexity index is 419. The molecule has 6 nitrogen and oxygen atoms in total. The van der Waals surface area contributed by atoms with Gasteiger partial charge in [0.15, 0.2) is 11.5 Å². The van der Waals surface area contributed by atoms with Crippen molar-refractivity contribution in [1.82, 2.24) is 0 Å². The molecule has 1 aromatic rings. The smallest absolute Gasteiger partial charge is 0.325 e. The van der Waals surface area contributed by atoms with Crippen molar-refractivity contribution in [3.05, 3.63) is 23.3 Å². The summed E-state index contributed by atoms with van der Waals surface area (Å²) >= 11 is 0. The van der Waals surface area contributed by atoms with Gasteiger partial charge in [0.2, 0.25) is 0 Å². The highest BCUT2D eigenvalue weighted by Crippen LogP contribution is 2.32. The highest BCUT2D eigenvalue weighted by atomic mass is 16.5. The third-order valence-electron chi connectivity index (χ3n) is 2.42. The first kappa shape index (κ1) is 13.3. The van der Waals surface area contributed by atoms with Crippen LogP contribution in [-0.4, -0.2) is 30.4 Å². The molecule has 0 bridgehead atoms. The number of aliphatic hydroxyl groups is 1. The van der Waals surface area contributed by atoms with Crippen LogP contribution >= 0.6 is 0 Å². The van der Waals surface area contributed by atoms with Gasteiger partial charge in [-0.05, 0) is 23.3 Å². The zero-order chi connectivity index (χ0) is 13.0. The van der Waals surface area contributed by atoms with Crippen LogP contribution in [0, 0.1) is 0 Å². The SMILES string of the molecule is COc1cc(CO)c([C@H](N)C(=O)O)cc1OC. The monoisotopic (exact) mass is 241 g/mol. The van der Waals surface area contributed by atoms with Crippen molar-refractivity contribution in [2.45, 2.75) is 12.6 Å². The van der Waals surface area contributed by atoms with Gasteiger partial charge in [-0.15, -0.1) is 0 Å². The number of carboxylic acid groups (broad SMARTS) is 1. The van der Waals surface area contributed by atoms with Crippen LogP contribution in [-0.2, 0) is 11.4 Å². The lowest BCUT2D eigenvalue weighted by molar-refractivity contribution is -0.138. The molecule has 1 rings (SSSR count). The zero-order valence-electron chi connectivity index (χ0n) is 9.64. The van der Waals surface area contributed by atoms with Crippen molar-refractivity contribution >= 4 is 5.97 Å². The molecule has 0 heterocycles. The standard InChI is InChI=1S/C11H15NO5/c1-16-8-3-6(5-13)7(4-9(8)17-2)10(12)11(14)15/h3-4,10,13H,5,12H2,1-2H3,(H,14,15)/t10-/m0/s1. The molecular weight excluding hydrogens is 226 g/mol. The predicted octanol–water partition coefficient (Wildman–Crippen LogP) is 0.280. The summed E-state index contributed by atoms with van der Waals surface area (Å²) in [5.41, 5.74) is 6.23. The highest BCUT2D eigenvalue weighted by Gasteiger charge is 2.20. The molecule has 0 aliphatic rings. The summed E-state index contributed by atoms with van der Waals surface area (Å²) in [5.74, 6) is -0.388. The number of aliphatic carboxylic acids is 1. The minimum atomic E-state index is -1.21. The molecule has 17 heavy (non-hydrogen) atoms. The number of methoxy groups -OCH3 is 2. The van der Waals surface area contributed by atoms with Gasteiger partial charge in [0.25, 0.3) is 0 Å². The summed E-state index contributed by atoms with van der Waals surface area (Å²) in [7, 11) is 2.89. The minimum Gasteiger partial charge on any atom is -0.493 e. The Kier molecular flexibility index (Phi) is 4.30. The number of carbonyl (C=O) groups is 1. The summed E-state index contributed by atoms with van der Waals surface area (Å²) in [6, 6.07) is 1.76. The number of benzene rings is 1. The summed E-state index contributed by atoms with van der Waals surface area (Å²) in [5, 5.41) is 18.1. The van der Waals surface area contributed by atoms with Gasteiger partial charge in [0.05, 0.1) is 20.8 Å². The van der Waals surface area contributed by atoms with E-state index in [1.807, 2.05) is 0 Å². The van der Waals surface area contributed by atoms with Crippen LogP contribution in [0.1, 0.15) is 17.2 Å². The first-order valence-corrected chi connectivity index (χ1v) is 4.89. The van der Waals surface area contributed by atoms with Crippen LogP contribution in [0.25, 0.3) is 0 Å². The molecule has 1 atom stereocenters. The third kappa shape index (κ3) is 2.66. The van der Waals surface area contributed by atoms with E-state index in [9.17, 15) is 9.90 Å². The summed E-state index contributed by atoms with van der Waals surface area (Å²) in [6.45, 7) is -0.323. The van der Waals surface area contributed by atoms with E-state index in [0.29, 0.717) is 22.6 Å². The fourth-order valence-corrected chi connectivity index (χ4v) is 1.50. The molecule has 1 aromatic carbocycles. The molecule has 0 aliphatic carbocycles. The second kappa shape index (κ2) is 5.51. The lowest BCUT2D eigenvalue weighted by Crippen LogP contribution is -2.22. The van der Waals surface area contributed by atoms with E-state index in [-0.39, 0.29) is 6.61 Å². The normalized spacial score (nSPS) is 12.0. The average molecular weight is 241 g/mol. The zero-order valence-corrected chi connectivity index (χ0v) is 9.64. The van der Waals surface area contributed by atoms with Gasteiger partial charge in [-0.3, -0.25) is 4.79 Å². The molecule has 0 aromatic heterocycles. The summed E-state index contributed by atoms with van der Waals surface area (Å²) in [4.78, 5) is 10.8. The number of ether oxygens (including phenoxy) is 2. The van der Waals surface area contributed by atoms with E-state index in [4.69, 9.17) is 20.3 Å². The van der Waals surface area contributed by atoms with Gasteiger partial charge < -0.3 is 25.4 Å². The van der Waals surface area contributed by atoms with Crippen molar-refractivity contribution in [3.8, 4) is 11.5 Å².